The highest BCUT2D eigenvalue weighted by molar-refractivity contribution is 8.04. The molecule has 0 amide bonds. The van der Waals surface area contributed by atoms with Crippen molar-refractivity contribution in [3.05, 3.63) is 118 Å². The van der Waals surface area contributed by atoms with Crippen LogP contribution in [0.2, 0.25) is 5.02 Å². The topological polar surface area (TPSA) is 12.5 Å². The minimum Gasteiger partial charge on any atom is -0.440 e. The Balaban J connectivity index is 1.51. The van der Waals surface area contributed by atoms with Gasteiger partial charge < -0.3 is 4.74 Å². The molecule has 1 saturated carbocycles. The van der Waals surface area contributed by atoms with Gasteiger partial charge in [-0.1, -0.05) is 96.9 Å². The zero-order chi connectivity index (χ0) is 21.5. The van der Waals surface area contributed by atoms with Gasteiger partial charge >= 0.3 is 0 Å². The smallest absolute Gasteiger partial charge is 0.212 e. The number of anilines is 1. The molecule has 2 nitrogen and oxygen atoms in total. The van der Waals surface area contributed by atoms with E-state index in [0.29, 0.717) is 0 Å². The van der Waals surface area contributed by atoms with Gasteiger partial charge in [0.2, 0.25) is 5.88 Å². The first kappa shape index (κ1) is 20.0. The van der Waals surface area contributed by atoms with E-state index in [4.69, 9.17) is 16.3 Å². The summed E-state index contributed by atoms with van der Waals surface area (Å²) in [6.45, 7) is 0. The first-order valence-electron chi connectivity index (χ1n) is 11.2. The first-order valence-corrected chi connectivity index (χ1v) is 12.4. The quantitative estimate of drug-likeness (QED) is 0.393. The van der Waals surface area contributed by atoms with Crippen molar-refractivity contribution in [3.63, 3.8) is 0 Å². The Kier molecular flexibility index (Phi) is 5.04. The van der Waals surface area contributed by atoms with Gasteiger partial charge in [-0.15, -0.1) is 0 Å². The van der Waals surface area contributed by atoms with Crippen molar-refractivity contribution in [3.8, 4) is 0 Å². The van der Waals surface area contributed by atoms with Crippen molar-refractivity contribution < 1.29 is 4.74 Å². The Morgan fingerprint density at radius 3 is 2.19 bits per heavy atom. The maximum Gasteiger partial charge on any atom is 0.212 e. The van der Waals surface area contributed by atoms with Crippen LogP contribution in [0.1, 0.15) is 42.7 Å². The van der Waals surface area contributed by atoms with Gasteiger partial charge in [0.1, 0.15) is 5.76 Å². The molecular formula is C28H24ClNOS. The third-order valence-corrected chi connectivity index (χ3v) is 8.49. The van der Waals surface area contributed by atoms with Crippen LogP contribution in [0.3, 0.4) is 0 Å². The Hall–Kier alpha value is -2.62. The highest BCUT2D eigenvalue weighted by atomic mass is 35.5. The molecule has 2 aliphatic heterocycles. The van der Waals surface area contributed by atoms with Crippen LogP contribution in [0.4, 0.5) is 5.69 Å². The molecule has 4 heteroatoms. The molecule has 1 aliphatic carbocycles. The molecule has 32 heavy (non-hydrogen) atoms. The highest BCUT2D eigenvalue weighted by Gasteiger charge is 2.52. The lowest BCUT2D eigenvalue weighted by Crippen LogP contribution is -2.40. The number of hydrogen-bond donors (Lipinski definition) is 0. The van der Waals surface area contributed by atoms with E-state index in [1.807, 2.05) is 30.0 Å². The fraction of sp³-hybridized carbons (Fsp3) is 0.214. The normalized spacial score (nSPS) is 21.5. The lowest BCUT2D eigenvalue weighted by Gasteiger charge is -2.37. The Labute approximate surface area is 198 Å². The van der Waals surface area contributed by atoms with Gasteiger partial charge in [-0.25, -0.2) is 0 Å². The Morgan fingerprint density at radius 2 is 1.50 bits per heavy atom. The van der Waals surface area contributed by atoms with E-state index < -0.39 is 0 Å². The minimum atomic E-state index is 0.0245. The van der Waals surface area contributed by atoms with Crippen LogP contribution in [0.5, 0.6) is 0 Å². The standard InChI is InChI=1S/C28H24ClNOS/c29-22-15-13-20(14-16-22)24-19-25(21-9-3-1-4-10-21)31-27-26(24)32-28(17-7-8-18-28)30(27)23-11-5-2-6-12-23/h1-6,9-16,19,24H,7-8,17-18H2. The van der Waals surface area contributed by atoms with Gasteiger partial charge in [0.05, 0.1) is 9.78 Å². The molecule has 0 radical (unpaired) electrons. The molecule has 0 bridgehead atoms. The summed E-state index contributed by atoms with van der Waals surface area (Å²) in [5.41, 5.74) is 3.55. The fourth-order valence-electron chi connectivity index (χ4n) is 5.10. The lowest BCUT2D eigenvalue weighted by atomic mass is 9.94. The van der Waals surface area contributed by atoms with Gasteiger partial charge in [-0.3, -0.25) is 4.90 Å². The van der Waals surface area contributed by atoms with Crippen LogP contribution in [0.15, 0.2) is 102 Å². The number of rotatable bonds is 3. The van der Waals surface area contributed by atoms with Crippen molar-refractivity contribution in [1.29, 1.82) is 0 Å². The number of hydrogen-bond acceptors (Lipinski definition) is 3. The van der Waals surface area contributed by atoms with Gasteiger partial charge in [0, 0.05) is 22.2 Å². The first-order chi connectivity index (χ1) is 15.7. The third kappa shape index (κ3) is 3.35. The summed E-state index contributed by atoms with van der Waals surface area (Å²) < 4.78 is 6.75. The Bertz CT molecular complexity index is 1180. The van der Waals surface area contributed by atoms with Crippen LogP contribution >= 0.6 is 23.4 Å². The molecule has 2 heterocycles. The molecule has 0 aromatic heterocycles. The summed E-state index contributed by atoms with van der Waals surface area (Å²) in [6, 6.07) is 29.4. The average molecular weight is 458 g/mol. The zero-order valence-corrected chi connectivity index (χ0v) is 19.3. The summed E-state index contributed by atoms with van der Waals surface area (Å²) in [7, 11) is 0. The van der Waals surface area contributed by atoms with Crippen LogP contribution in [-0.4, -0.2) is 4.87 Å². The molecule has 0 N–H and O–H groups in total. The molecule has 1 unspecified atom stereocenters. The number of para-hydroxylation sites is 1. The average Bonchev–Trinajstić information content (AvgIpc) is 3.44. The number of benzene rings is 3. The molecule has 3 aromatic carbocycles. The number of allylic oxidation sites excluding steroid dienone is 2. The maximum atomic E-state index is 6.75. The van der Waals surface area contributed by atoms with E-state index in [1.54, 1.807) is 0 Å². The molecule has 0 saturated heterocycles. The van der Waals surface area contributed by atoms with E-state index in [1.165, 1.54) is 29.0 Å². The monoisotopic (exact) mass is 457 g/mol. The van der Waals surface area contributed by atoms with E-state index >= 15 is 0 Å². The van der Waals surface area contributed by atoms with Crippen molar-refractivity contribution >= 4 is 34.8 Å². The predicted octanol–water partition coefficient (Wildman–Crippen LogP) is 8.19. The zero-order valence-electron chi connectivity index (χ0n) is 17.7. The molecule has 1 spiro atoms. The van der Waals surface area contributed by atoms with E-state index in [2.05, 4.69) is 77.7 Å². The highest BCUT2D eigenvalue weighted by Crippen LogP contribution is 2.61. The second-order valence-electron chi connectivity index (χ2n) is 8.62. The van der Waals surface area contributed by atoms with Crippen molar-refractivity contribution in [2.24, 2.45) is 0 Å². The molecule has 160 valence electrons. The number of thioether (sulfide) groups is 1. The molecule has 6 rings (SSSR count). The van der Waals surface area contributed by atoms with E-state index in [-0.39, 0.29) is 10.8 Å². The van der Waals surface area contributed by atoms with Gasteiger partial charge in [0.15, 0.2) is 0 Å². The summed E-state index contributed by atoms with van der Waals surface area (Å²) in [5.74, 6) is 2.05. The van der Waals surface area contributed by atoms with E-state index in [0.717, 1.165) is 35.1 Å². The number of ether oxygens (including phenoxy) is 1. The largest absolute Gasteiger partial charge is 0.440 e. The second kappa shape index (κ2) is 8.06. The fourth-order valence-corrected chi connectivity index (χ4v) is 6.96. The van der Waals surface area contributed by atoms with Crippen LogP contribution in [0, 0.1) is 0 Å². The summed E-state index contributed by atoms with van der Waals surface area (Å²) in [4.78, 5) is 3.81. The summed E-state index contributed by atoms with van der Waals surface area (Å²) in [5, 5.41) is 0.763. The predicted molar refractivity (Wildman–Crippen MR) is 134 cm³/mol. The molecule has 1 atom stereocenters. The number of halogens is 1. The van der Waals surface area contributed by atoms with E-state index in [9.17, 15) is 0 Å². The molecular weight excluding hydrogens is 434 g/mol. The minimum absolute atomic E-state index is 0.0245. The van der Waals surface area contributed by atoms with Gasteiger partial charge in [-0.2, -0.15) is 0 Å². The van der Waals surface area contributed by atoms with Gasteiger partial charge in [0.25, 0.3) is 0 Å². The van der Waals surface area contributed by atoms with Crippen LogP contribution < -0.4 is 4.90 Å². The summed E-state index contributed by atoms with van der Waals surface area (Å²) >= 11 is 8.24. The number of nitrogens with zero attached hydrogens (tertiary/aromatic N) is 1. The summed E-state index contributed by atoms with van der Waals surface area (Å²) in [6.07, 6.45) is 7.11. The maximum absolute atomic E-state index is 6.75. The SMILES string of the molecule is Clc1ccc(C2C=C(c3ccccc3)OC3=C2SC2(CCCC2)N3c2ccccc2)cc1. The Morgan fingerprint density at radius 1 is 0.844 bits per heavy atom. The van der Waals surface area contributed by atoms with Crippen molar-refractivity contribution in [2.75, 3.05) is 4.90 Å². The van der Waals surface area contributed by atoms with Gasteiger partial charge in [-0.05, 0) is 48.7 Å². The van der Waals surface area contributed by atoms with Crippen LogP contribution in [0.25, 0.3) is 5.76 Å². The molecule has 3 aliphatic rings. The molecule has 1 fully saturated rings. The second-order valence-corrected chi connectivity index (χ2v) is 10.5. The van der Waals surface area contributed by atoms with Crippen molar-refractivity contribution in [1.82, 2.24) is 0 Å². The lowest BCUT2D eigenvalue weighted by molar-refractivity contribution is 0.339. The third-order valence-electron chi connectivity index (χ3n) is 6.62. The molecule has 3 aromatic rings. The van der Waals surface area contributed by atoms with Crippen LogP contribution in [-0.2, 0) is 4.74 Å². The van der Waals surface area contributed by atoms with Crippen molar-refractivity contribution in [2.45, 2.75) is 36.5 Å².